The van der Waals surface area contributed by atoms with Crippen LogP contribution >= 0.6 is 0 Å². The molecule has 0 aromatic heterocycles. The molecule has 17 aromatic rings. The number of aryl methyl sites for hydroxylation is 2. The Kier molecular flexibility index (Phi) is 7.82. The first-order chi connectivity index (χ1) is 37.6. The van der Waals surface area contributed by atoms with Gasteiger partial charge in [0.25, 0.3) is 0 Å². The maximum atomic E-state index is 2.51. The van der Waals surface area contributed by atoms with Gasteiger partial charge in [0.05, 0.1) is 0 Å². The average Bonchev–Trinajstić information content (AvgIpc) is 4.28. The maximum Gasteiger partial charge on any atom is -0.000695 e. The fraction of sp³-hybridized carbons (Fsp3) is 0.0263. The molecule has 17 aromatic carbocycles. The molecule has 1 aliphatic rings. The van der Waals surface area contributed by atoms with Gasteiger partial charge >= 0.3 is 0 Å². The van der Waals surface area contributed by atoms with Crippen LogP contribution in [-0.4, -0.2) is 0 Å². The zero-order valence-corrected chi connectivity index (χ0v) is 41.9. The third-order valence-electron chi connectivity index (χ3n) is 18.1. The molecule has 0 fully saturated rings. The Hall–Kier alpha value is -9.62. The monoisotopic (exact) mass is 956 g/mol. The van der Waals surface area contributed by atoms with Crippen LogP contribution in [0.25, 0.3) is 185 Å². The SMILES string of the molecule is Cc1ccccc1-c1c2c(c(-c3ccccc3C)c3ccccc13)-c1ccc3c4ccc5c6c(ccc(c7ccc-2c1c73)c46)c1c(-c2ccccc2-c2ccccc2)c2cc3ccccc3c3c4ccccc4c(c51)c23. The number of fused-ring (bicyclic) bond motifs is 15. The van der Waals surface area contributed by atoms with Crippen molar-refractivity contribution < 1.29 is 0 Å². The zero-order valence-electron chi connectivity index (χ0n) is 41.9. The van der Waals surface area contributed by atoms with Crippen LogP contribution in [0.15, 0.2) is 231 Å². The Labute approximate surface area is 438 Å². The van der Waals surface area contributed by atoms with Gasteiger partial charge in [-0.15, -0.1) is 0 Å². The van der Waals surface area contributed by atoms with Crippen molar-refractivity contribution >= 4 is 118 Å². The molecule has 0 radical (unpaired) electrons. The molecular formula is C76H44. The average molecular weight is 957 g/mol. The van der Waals surface area contributed by atoms with Crippen LogP contribution < -0.4 is 0 Å². The lowest BCUT2D eigenvalue weighted by Crippen LogP contribution is -1.95. The van der Waals surface area contributed by atoms with E-state index in [1.54, 1.807) is 0 Å². The van der Waals surface area contributed by atoms with Crippen molar-refractivity contribution in [3.05, 3.63) is 242 Å². The standard InChI is InChI=1S/C76H44/c1-41-18-6-9-23-45(41)63-50-28-14-15-29-51(50)64(46-24-10-7-19-42(46)2)73-59-37-33-55-57-35-39-61-70-60(38-34-56(67(57)70)54-32-36-58(72(63)73)69(59)66(54)55)74-68(49-27-13-12-25-47(49)43-20-4-3-5-21-43)62-40-44-22-8-11-26-48(44)65-52-30-16-17-31-53(52)71(75(61)74)76(62)65/h3-40H,1-2H3. The molecule has 0 atom stereocenters. The number of hydrogen-bond acceptors (Lipinski definition) is 0. The van der Waals surface area contributed by atoms with E-state index in [4.69, 9.17) is 0 Å². The van der Waals surface area contributed by atoms with Gasteiger partial charge in [-0.3, -0.25) is 0 Å². The second-order valence-corrected chi connectivity index (χ2v) is 21.7. The highest BCUT2D eigenvalue weighted by Crippen LogP contribution is 2.62. The molecule has 0 heteroatoms. The van der Waals surface area contributed by atoms with Gasteiger partial charge in [-0.2, -0.15) is 0 Å². The van der Waals surface area contributed by atoms with Crippen LogP contribution in [0.1, 0.15) is 11.1 Å². The summed E-state index contributed by atoms with van der Waals surface area (Å²) < 4.78 is 0. The second-order valence-electron chi connectivity index (χ2n) is 21.7. The first-order valence-corrected chi connectivity index (χ1v) is 26.8. The Morgan fingerprint density at radius 1 is 0.184 bits per heavy atom. The van der Waals surface area contributed by atoms with Crippen LogP contribution in [-0.2, 0) is 0 Å². The van der Waals surface area contributed by atoms with Gasteiger partial charge in [-0.25, -0.2) is 0 Å². The first-order valence-electron chi connectivity index (χ1n) is 26.8. The van der Waals surface area contributed by atoms with Crippen molar-refractivity contribution in [1.82, 2.24) is 0 Å². The van der Waals surface area contributed by atoms with E-state index in [2.05, 4.69) is 244 Å². The van der Waals surface area contributed by atoms with E-state index >= 15 is 0 Å². The molecule has 0 bridgehead atoms. The lowest BCUT2D eigenvalue weighted by molar-refractivity contribution is 1.46. The molecular weight excluding hydrogens is 913 g/mol. The minimum atomic E-state index is 1.23. The van der Waals surface area contributed by atoms with Gasteiger partial charge in [-0.1, -0.05) is 224 Å². The van der Waals surface area contributed by atoms with E-state index < -0.39 is 0 Å². The van der Waals surface area contributed by atoms with Gasteiger partial charge < -0.3 is 0 Å². The molecule has 0 saturated carbocycles. The molecule has 0 saturated heterocycles. The minimum Gasteiger partial charge on any atom is -0.0622 e. The minimum absolute atomic E-state index is 1.23. The summed E-state index contributed by atoms with van der Waals surface area (Å²) in [4.78, 5) is 0. The van der Waals surface area contributed by atoms with Gasteiger partial charge in [0.2, 0.25) is 0 Å². The Morgan fingerprint density at radius 2 is 0.566 bits per heavy atom. The smallest absolute Gasteiger partial charge is 0.000695 e. The summed E-state index contributed by atoms with van der Waals surface area (Å²) in [7, 11) is 0. The van der Waals surface area contributed by atoms with Crippen molar-refractivity contribution in [2.45, 2.75) is 13.8 Å². The van der Waals surface area contributed by atoms with Gasteiger partial charge in [0.15, 0.2) is 0 Å². The molecule has 0 spiro atoms. The van der Waals surface area contributed by atoms with Crippen LogP contribution in [0.3, 0.4) is 0 Å². The van der Waals surface area contributed by atoms with Gasteiger partial charge in [0.1, 0.15) is 0 Å². The van der Waals surface area contributed by atoms with Crippen molar-refractivity contribution in [3.8, 4) is 66.8 Å². The summed E-state index contributed by atoms with van der Waals surface area (Å²) in [5.41, 5.74) is 18.2. The number of rotatable bonds is 4. The summed E-state index contributed by atoms with van der Waals surface area (Å²) in [5.74, 6) is 0. The Morgan fingerprint density at radius 3 is 1.17 bits per heavy atom. The van der Waals surface area contributed by atoms with E-state index in [-0.39, 0.29) is 0 Å². The third-order valence-corrected chi connectivity index (χ3v) is 18.1. The molecule has 348 valence electrons. The molecule has 0 N–H and O–H groups in total. The lowest BCUT2D eigenvalue weighted by Gasteiger charge is -2.22. The maximum absolute atomic E-state index is 2.51. The van der Waals surface area contributed by atoms with E-state index in [1.807, 2.05) is 0 Å². The normalized spacial score (nSPS) is 12.6. The fourth-order valence-corrected chi connectivity index (χ4v) is 15.1. The van der Waals surface area contributed by atoms with Gasteiger partial charge in [-0.05, 0) is 216 Å². The molecule has 1 aliphatic carbocycles. The summed E-state index contributed by atoms with van der Waals surface area (Å²) in [5, 5.41) is 29.3. The predicted octanol–water partition coefficient (Wildman–Crippen LogP) is 21.6. The summed E-state index contributed by atoms with van der Waals surface area (Å²) in [6.45, 7) is 4.55. The van der Waals surface area contributed by atoms with Crippen LogP contribution in [0.4, 0.5) is 0 Å². The summed E-state index contributed by atoms with van der Waals surface area (Å²) in [6, 6.07) is 87.9. The molecule has 0 unspecified atom stereocenters. The van der Waals surface area contributed by atoms with E-state index in [0.717, 1.165) is 0 Å². The second kappa shape index (κ2) is 14.6. The quantitative estimate of drug-likeness (QED) is 0.122. The van der Waals surface area contributed by atoms with Crippen molar-refractivity contribution in [2.75, 3.05) is 0 Å². The fourth-order valence-electron chi connectivity index (χ4n) is 15.1. The van der Waals surface area contributed by atoms with Crippen LogP contribution in [0.2, 0.25) is 0 Å². The highest BCUT2D eigenvalue weighted by atomic mass is 14.4. The van der Waals surface area contributed by atoms with Crippen molar-refractivity contribution in [3.63, 3.8) is 0 Å². The molecule has 0 heterocycles. The topological polar surface area (TPSA) is 0 Å². The Balaban J connectivity index is 1.02. The zero-order chi connectivity index (χ0) is 49.7. The highest BCUT2D eigenvalue weighted by Gasteiger charge is 2.34. The molecule has 18 rings (SSSR count). The molecule has 76 heavy (non-hydrogen) atoms. The first kappa shape index (κ1) is 40.8. The Bertz CT molecular complexity index is 5260. The molecule has 0 amide bonds. The van der Waals surface area contributed by atoms with Crippen LogP contribution in [0, 0.1) is 13.8 Å². The number of benzene rings is 15. The van der Waals surface area contributed by atoms with Crippen molar-refractivity contribution in [1.29, 1.82) is 0 Å². The van der Waals surface area contributed by atoms with Crippen LogP contribution in [0.5, 0.6) is 0 Å². The largest absolute Gasteiger partial charge is 0.0622 e. The number of hydrogen-bond donors (Lipinski definition) is 0. The summed E-state index contributed by atoms with van der Waals surface area (Å²) in [6.07, 6.45) is 0. The highest BCUT2D eigenvalue weighted by molar-refractivity contribution is 6.53. The van der Waals surface area contributed by atoms with Crippen molar-refractivity contribution in [2.24, 2.45) is 0 Å². The van der Waals surface area contributed by atoms with Gasteiger partial charge in [0, 0.05) is 0 Å². The summed E-state index contributed by atoms with van der Waals surface area (Å²) >= 11 is 0. The van der Waals surface area contributed by atoms with E-state index in [9.17, 15) is 0 Å². The predicted molar refractivity (Wildman–Crippen MR) is 328 cm³/mol. The van der Waals surface area contributed by atoms with E-state index in [1.165, 1.54) is 196 Å². The molecule has 0 aliphatic heterocycles. The lowest BCUT2D eigenvalue weighted by atomic mass is 9.81. The van der Waals surface area contributed by atoms with E-state index in [0.29, 0.717) is 0 Å². The molecule has 0 nitrogen and oxygen atoms in total. The third kappa shape index (κ3) is 4.96.